The Kier molecular flexibility index (Phi) is 12.8. The number of ether oxygens (including phenoxy) is 7. The molecule has 1 aromatic heterocycles. The summed E-state index contributed by atoms with van der Waals surface area (Å²) in [5.41, 5.74) is -3.67. The third kappa shape index (κ3) is 9.14. The summed E-state index contributed by atoms with van der Waals surface area (Å²) in [6.45, 7) is 2.92. The summed E-state index contributed by atoms with van der Waals surface area (Å²) in [6.07, 6.45) is -15.6. The molecule has 22 nitrogen and oxygen atoms in total. The molecule has 11 atom stereocenters. The van der Waals surface area contributed by atoms with Crippen LogP contribution in [-0.4, -0.2) is 141 Å². The van der Waals surface area contributed by atoms with Crippen molar-refractivity contribution in [1.29, 1.82) is 0 Å². The predicted molar refractivity (Wildman–Crippen MR) is 218 cm³/mol. The largest absolute Gasteiger partial charge is 0.508 e. The number of aliphatic hydroxyl groups excluding tert-OH is 7. The molecule has 3 aliphatic rings. The van der Waals surface area contributed by atoms with E-state index in [0.29, 0.717) is 5.56 Å². The van der Waals surface area contributed by atoms with E-state index in [0.717, 1.165) is 37.3 Å². The number of fused-ring (bicyclic) bond motifs is 1. The summed E-state index contributed by atoms with van der Waals surface area (Å²) in [7, 11) is 0. The van der Waals surface area contributed by atoms with Crippen molar-refractivity contribution in [3.63, 3.8) is 0 Å². The lowest BCUT2D eigenvalue weighted by Gasteiger charge is -2.48. The second kappa shape index (κ2) is 18.0. The molecular weight excluding hydrogens is 868 g/mol. The molecule has 0 bridgehead atoms. The van der Waals surface area contributed by atoms with Gasteiger partial charge in [-0.1, -0.05) is 12.1 Å². The summed E-state index contributed by atoms with van der Waals surface area (Å²) in [4.78, 5) is 27.4. The highest BCUT2D eigenvalue weighted by molar-refractivity contribution is 5.89. The average Bonchev–Trinajstić information content (AvgIpc) is 3.26. The van der Waals surface area contributed by atoms with Gasteiger partial charge in [-0.2, -0.15) is 0 Å². The van der Waals surface area contributed by atoms with Crippen molar-refractivity contribution in [2.24, 2.45) is 0 Å². The fourth-order valence-electron chi connectivity index (χ4n) is 6.99. The molecule has 4 aromatic rings. The Morgan fingerprint density at radius 3 is 2.02 bits per heavy atom. The van der Waals surface area contributed by atoms with Crippen LogP contribution in [0.25, 0.3) is 28.4 Å². The number of carbonyl (C=O) groups excluding carboxylic acids is 1. The van der Waals surface area contributed by atoms with E-state index in [1.54, 1.807) is 0 Å². The van der Waals surface area contributed by atoms with Gasteiger partial charge in [0.1, 0.15) is 64.8 Å². The van der Waals surface area contributed by atoms with Crippen LogP contribution in [0.15, 0.2) is 92.9 Å². The van der Waals surface area contributed by atoms with Crippen molar-refractivity contribution in [1.82, 2.24) is 0 Å². The van der Waals surface area contributed by atoms with Gasteiger partial charge in [0.2, 0.25) is 23.8 Å². The molecule has 65 heavy (non-hydrogen) atoms. The number of phenols is 4. The molecule has 0 amide bonds. The number of carbonyl (C=O) groups is 1. The SMILES string of the molecule is CC1O[C@@H](Oc2cc(O)c3c(=O)c(O[C@@H]4OC(COC(=O)/C=C/c5ccc(O)cc5)[C@@](C)(O)C(O)C4O[C@@H]4OC(C)C(O)=C(O)C4O)c(-c4ccc(O)c(O)c4)oc3c2)C(O)C(O)=C1O. The van der Waals surface area contributed by atoms with Crippen LogP contribution in [0.5, 0.6) is 34.5 Å². The highest BCUT2D eigenvalue weighted by Crippen LogP contribution is 2.42. The first-order valence-electron chi connectivity index (χ1n) is 19.6. The third-order valence-corrected chi connectivity index (χ3v) is 10.8. The van der Waals surface area contributed by atoms with Gasteiger partial charge in [-0.15, -0.1) is 0 Å². The minimum Gasteiger partial charge on any atom is -0.508 e. The van der Waals surface area contributed by atoms with Crippen molar-refractivity contribution < 1.29 is 104 Å². The standard InChI is InChI=1S/C43H44O22/c1-16-29(49)32(52)34(54)40(59-16)61-21-13-24(47)28-25(14-21)62-36(19-7-10-22(45)23(46)12-19)37(31(28)51)64-42-38(65-41-35(55)33(53)30(50)17(2)60-41)39(56)43(3,57)26(63-42)15-58-27(48)11-6-18-4-8-20(44)9-5-18/h4-14,16-17,26,34-35,38-42,44-47,49-50,52-57H,15H2,1-3H3/b11-6+/t16?,17?,26?,34?,35?,38?,39?,40-,41-,42-,43+/m0/s1. The highest BCUT2D eigenvalue weighted by atomic mass is 16.8. The predicted octanol–water partition coefficient (Wildman–Crippen LogP) is 2.39. The molecule has 1 saturated heterocycles. The topological polar surface area (TPSA) is 355 Å². The molecule has 3 aromatic carbocycles. The van der Waals surface area contributed by atoms with Crippen LogP contribution in [0.2, 0.25) is 0 Å². The maximum atomic E-state index is 14.6. The first kappa shape index (κ1) is 46.2. The maximum absolute atomic E-state index is 14.6. The second-order valence-corrected chi connectivity index (χ2v) is 15.4. The lowest BCUT2D eigenvalue weighted by atomic mass is 9.86. The summed E-state index contributed by atoms with van der Waals surface area (Å²) >= 11 is 0. The van der Waals surface area contributed by atoms with Gasteiger partial charge in [-0.3, -0.25) is 4.79 Å². The fourth-order valence-corrected chi connectivity index (χ4v) is 6.99. The molecule has 348 valence electrons. The maximum Gasteiger partial charge on any atom is 0.330 e. The molecule has 7 rings (SSSR count). The van der Waals surface area contributed by atoms with Gasteiger partial charge < -0.3 is 98.9 Å². The molecule has 1 fully saturated rings. The first-order chi connectivity index (χ1) is 30.7. The highest BCUT2D eigenvalue weighted by Gasteiger charge is 2.56. The molecule has 3 aliphatic heterocycles. The molecular formula is C43H44O22. The van der Waals surface area contributed by atoms with Gasteiger partial charge in [-0.05, 0) is 62.7 Å². The van der Waals surface area contributed by atoms with E-state index in [2.05, 4.69) is 0 Å². The smallest absolute Gasteiger partial charge is 0.330 e. The monoisotopic (exact) mass is 912 g/mol. The van der Waals surface area contributed by atoms with Crippen LogP contribution >= 0.6 is 0 Å². The van der Waals surface area contributed by atoms with Crippen LogP contribution in [0.1, 0.15) is 26.3 Å². The van der Waals surface area contributed by atoms with E-state index < -0.39 is 148 Å². The lowest BCUT2D eigenvalue weighted by molar-refractivity contribution is -0.351. The van der Waals surface area contributed by atoms with Crippen LogP contribution in [-0.2, 0) is 28.5 Å². The normalized spacial score (nSPS) is 29.6. The summed E-state index contributed by atoms with van der Waals surface area (Å²) in [5.74, 6) is -7.96. The van der Waals surface area contributed by atoms with E-state index in [1.165, 1.54) is 50.3 Å². The summed E-state index contributed by atoms with van der Waals surface area (Å²) < 4.78 is 46.1. The van der Waals surface area contributed by atoms with E-state index in [1.807, 2.05) is 0 Å². The molecule has 7 unspecified atom stereocenters. The van der Waals surface area contributed by atoms with Gasteiger partial charge in [0.15, 0.2) is 64.9 Å². The molecule has 4 heterocycles. The van der Waals surface area contributed by atoms with E-state index in [9.17, 15) is 70.9 Å². The minimum atomic E-state index is -2.41. The zero-order valence-corrected chi connectivity index (χ0v) is 34.3. The second-order valence-electron chi connectivity index (χ2n) is 15.4. The van der Waals surface area contributed by atoms with Gasteiger partial charge in [0, 0.05) is 23.8 Å². The number of phenolic OH excluding ortho intramolecular Hbond substituents is 4. The number of rotatable bonds is 11. The lowest BCUT2D eigenvalue weighted by Crippen LogP contribution is -2.68. The Hall–Kier alpha value is -6.76. The van der Waals surface area contributed by atoms with Crippen LogP contribution in [0.3, 0.4) is 0 Å². The van der Waals surface area contributed by atoms with E-state index >= 15 is 0 Å². The zero-order valence-electron chi connectivity index (χ0n) is 34.3. The van der Waals surface area contributed by atoms with Crippen molar-refractivity contribution >= 4 is 23.0 Å². The number of aliphatic hydroxyl groups is 8. The van der Waals surface area contributed by atoms with Crippen molar-refractivity contribution in [2.45, 2.75) is 88.0 Å². The third-order valence-electron chi connectivity index (χ3n) is 10.8. The molecule has 12 N–H and O–H groups in total. The molecule has 0 aliphatic carbocycles. The molecule has 22 heteroatoms. The minimum absolute atomic E-state index is 0.0137. The number of aromatic hydroxyl groups is 4. The van der Waals surface area contributed by atoms with Gasteiger partial charge >= 0.3 is 5.97 Å². The summed E-state index contributed by atoms with van der Waals surface area (Å²) in [6, 6.07) is 10.9. The fraction of sp³-hybridized carbons (Fsp3) is 0.349. The van der Waals surface area contributed by atoms with Gasteiger partial charge in [-0.25, -0.2) is 4.79 Å². The average molecular weight is 913 g/mol. The van der Waals surface area contributed by atoms with Gasteiger partial charge in [0.05, 0.1) is 0 Å². The number of hydrogen-bond donors (Lipinski definition) is 12. The quantitative estimate of drug-likeness (QED) is 0.0584. The molecule has 0 spiro atoms. The number of esters is 1. The number of hydrogen-bond acceptors (Lipinski definition) is 22. The van der Waals surface area contributed by atoms with Crippen LogP contribution in [0, 0.1) is 0 Å². The first-order valence-corrected chi connectivity index (χ1v) is 19.6. The van der Waals surface area contributed by atoms with Crippen molar-refractivity contribution in [3.8, 4) is 45.8 Å². The number of benzene rings is 3. The zero-order chi connectivity index (χ0) is 47.2. The van der Waals surface area contributed by atoms with E-state index in [4.69, 9.17) is 37.6 Å². The van der Waals surface area contributed by atoms with Crippen molar-refractivity contribution in [3.05, 3.63) is 99.5 Å². The summed E-state index contributed by atoms with van der Waals surface area (Å²) in [5, 5.41) is 126. The van der Waals surface area contributed by atoms with Gasteiger partial charge in [0.25, 0.3) is 0 Å². The molecule has 0 saturated carbocycles. The Balaban J connectivity index is 1.29. The Morgan fingerprint density at radius 1 is 0.738 bits per heavy atom. The van der Waals surface area contributed by atoms with Crippen LogP contribution in [0.4, 0.5) is 0 Å². The van der Waals surface area contributed by atoms with Crippen LogP contribution < -0.4 is 14.9 Å². The van der Waals surface area contributed by atoms with E-state index in [-0.39, 0.29) is 17.1 Å². The Morgan fingerprint density at radius 2 is 1.37 bits per heavy atom. The van der Waals surface area contributed by atoms with Crippen molar-refractivity contribution in [2.75, 3.05) is 6.61 Å². The Labute approximate surface area is 366 Å². The Bertz CT molecular complexity index is 2600. The molecule has 0 radical (unpaired) electrons.